The summed E-state index contributed by atoms with van der Waals surface area (Å²) < 4.78 is 11.1. The summed E-state index contributed by atoms with van der Waals surface area (Å²) in [5.74, 6) is 1.26. The van der Waals surface area contributed by atoms with Gasteiger partial charge in [-0.3, -0.25) is 4.90 Å². The summed E-state index contributed by atoms with van der Waals surface area (Å²) in [5.41, 5.74) is 2.27. The predicted molar refractivity (Wildman–Crippen MR) is 102 cm³/mol. The lowest BCUT2D eigenvalue weighted by molar-refractivity contribution is 0.0697. The molecule has 7 heteroatoms. The lowest BCUT2D eigenvalue weighted by Gasteiger charge is -2.15. The molecule has 2 aromatic carbocycles. The van der Waals surface area contributed by atoms with Gasteiger partial charge in [0.1, 0.15) is 5.75 Å². The Hall–Kier alpha value is -3.19. The number of carboxylic acid groups (broad SMARTS) is 1. The van der Waals surface area contributed by atoms with Gasteiger partial charge in [-0.25, -0.2) is 4.79 Å². The van der Waals surface area contributed by atoms with Crippen molar-refractivity contribution >= 4 is 5.97 Å². The van der Waals surface area contributed by atoms with E-state index in [0.717, 1.165) is 42.9 Å². The van der Waals surface area contributed by atoms with E-state index in [4.69, 9.17) is 14.3 Å². The third-order valence-corrected chi connectivity index (χ3v) is 5.01. The van der Waals surface area contributed by atoms with E-state index in [2.05, 4.69) is 15.1 Å². The van der Waals surface area contributed by atoms with Crippen LogP contribution in [0.3, 0.4) is 0 Å². The molecule has 0 spiro atoms. The minimum absolute atomic E-state index is 0.206. The van der Waals surface area contributed by atoms with Gasteiger partial charge in [-0.15, -0.1) is 10.2 Å². The first-order valence-corrected chi connectivity index (χ1v) is 9.15. The normalized spacial score (nSPS) is 17.0. The first-order valence-electron chi connectivity index (χ1n) is 9.15. The second kappa shape index (κ2) is 7.82. The number of carbonyl (C=O) groups is 1. The Labute approximate surface area is 162 Å². The third-order valence-electron chi connectivity index (χ3n) is 5.01. The fourth-order valence-electron chi connectivity index (χ4n) is 3.44. The molecule has 1 N–H and O–H groups in total. The van der Waals surface area contributed by atoms with Crippen LogP contribution < -0.4 is 4.74 Å². The van der Waals surface area contributed by atoms with Crippen LogP contribution in [0.5, 0.6) is 5.75 Å². The number of methoxy groups -OCH3 is 1. The van der Waals surface area contributed by atoms with Crippen molar-refractivity contribution in [1.29, 1.82) is 0 Å². The number of hydrogen-bond acceptors (Lipinski definition) is 6. The zero-order chi connectivity index (χ0) is 19.5. The number of rotatable bonds is 6. The molecule has 1 aliphatic heterocycles. The van der Waals surface area contributed by atoms with Crippen LogP contribution in [0.25, 0.3) is 11.5 Å². The van der Waals surface area contributed by atoms with Gasteiger partial charge in [-0.05, 0) is 54.9 Å². The molecule has 3 aromatic rings. The molecular formula is C21H21N3O4. The molecule has 2 heterocycles. The Morgan fingerprint density at radius 2 is 1.93 bits per heavy atom. The summed E-state index contributed by atoms with van der Waals surface area (Å²) in [4.78, 5) is 13.3. The van der Waals surface area contributed by atoms with Gasteiger partial charge in [0.2, 0.25) is 11.8 Å². The molecule has 28 heavy (non-hydrogen) atoms. The quantitative estimate of drug-likeness (QED) is 0.702. The van der Waals surface area contributed by atoms with Crippen molar-refractivity contribution in [2.75, 3.05) is 20.2 Å². The van der Waals surface area contributed by atoms with E-state index in [1.165, 1.54) is 0 Å². The number of ether oxygens (including phenoxy) is 1. The molecule has 1 aliphatic rings. The van der Waals surface area contributed by atoms with Crippen molar-refractivity contribution in [2.45, 2.75) is 18.9 Å². The predicted octanol–water partition coefficient (Wildman–Crippen LogP) is 3.43. The SMILES string of the molecule is COc1ccc(-c2nnc(C3CCN(Cc4ccc(C(=O)O)cc4)C3)o2)cc1. The van der Waals surface area contributed by atoms with E-state index < -0.39 is 5.97 Å². The summed E-state index contributed by atoms with van der Waals surface area (Å²) in [6, 6.07) is 14.6. The minimum atomic E-state index is -0.906. The van der Waals surface area contributed by atoms with Crippen LogP contribution in [0, 0.1) is 0 Å². The van der Waals surface area contributed by atoms with Gasteiger partial charge in [-0.2, -0.15) is 0 Å². The average Bonchev–Trinajstić information content (AvgIpc) is 3.38. The summed E-state index contributed by atoms with van der Waals surface area (Å²) in [5, 5.41) is 17.4. The molecule has 4 rings (SSSR count). The maximum absolute atomic E-state index is 11.0. The second-order valence-electron chi connectivity index (χ2n) is 6.90. The van der Waals surface area contributed by atoms with Crippen molar-refractivity contribution in [3.05, 3.63) is 65.5 Å². The Morgan fingerprint density at radius 1 is 1.18 bits per heavy atom. The monoisotopic (exact) mass is 379 g/mol. The minimum Gasteiger partial charge on any atom is -0.497 e. The largest absolute Gasteiger partial charge is 0.497 e. The van der Waals surface area contributed by atoms with E-state index in [-0.39, 0.29) is 5.92 Å². The highest BCUT2D eigenvalue weighted by molar-refractivity contribution is 5.87. The summed E-state index contributed by atoms with van der Waals surface area (Å²) in [6.45, 7) is 2.55. The maximum atomic E-state index is 11.0. The molecule has 7 nitrogen and oxygen atoms in total. The van der Waals surface area contributed by atoms with E-state index in [9.17, 15) is 4.79 Å². The van der Waals surface area contributed by atoms with Crippen molar-refractivity contribution in [1.82, 2.24) is 15.1 Å². The molecule has 1 saturated heterocycles. The topological polar surface area (TPSA) is 88.7 Å². The summed E-state index contributed by atoms with van der Waals surface area (Å²) >= 11 is 0. The highest BCUT2D eigenvalue weighted by Gasteiger charge is 2.28. The Balaban J connectivity index is 1.38. The molecule has 0 aliphatic carbocycles. The number of aromatic nitrogens is 2. The zero-order valence-corrected chi connectivity index (χ0v) is 15.5. The van der Waals surface area contributed by atoms with Gasteiger partial charge >= 0.3 is 5.97 Å². The van der Waals surface area contributed by atoms with Crippen molar-refractivity contribution in [3.8, 4) is 17.2 Å². The van der Waals surface area contributed by atoms with Crippen molar-refractivity contribution in [2.24, 2.45) is 0 Å². The molecule has 1 unspecified atom stereocenters. The molecule has 144 valence electrons. The van der Waals surface area contributed by atoms with Crippen LogP contribution in [0.4, 0.5) is 0 Å². The first-order chi connectivity index (χ1) is 13.6. The maximum Gasteiger partial charge on any atom is 0.335 e. The summed E-state index contributed by atoms with van der Waals surface area (Å²) in [7, 11) is 1.63. The van der Waals surface area contributed by atoms with Crippen LogP contribution >= 0.6 is 0 Å². The molecule has 0 amide bonds. The van der Waals surface area contributed by atoms with Crippen molar-refractivity contribution < 1.29 is 19.1 Å². The highest BCUT2D eigenvalue weighted by Crippen LogP contribution is 2.30. The number of nitrogens with zero attached hydrogens (tertiary/aromatic N) is 3. The molecule has 0 saturated carbocycles. The van der Waals surface area contributed by atoms with Gasteiger partial charge in [0.15, 0.2) is 0 Å². The highest BCUT2D eigenvalue weighted by atomic mass is 16.5. The van der Waals surface area contributed by atoms with Crippen LogP contribution in [0.15, 0.2) is 52.9 Å². The number of carboxylic acids is 1. The van der Waals surface area contributed by atoms with Crippen LogP contribution in [0.2, 0.25) is 0 Å². The van der Waals surface area contributed by atoms with Gasteiger partial charge in [0.25, 0.3) is 0 Å². The second-order valence-corrected chi connectivity index (χ2v) is 6.90. The lowest BCUT2D eigenvalue weighted by Crippen LogP contribution is -2.19. The zero-order valence-electron chi connectivity index (χ0n) is 15.5. The van der Waals surface area contributed by atoms with Crippen LogP contribution in [0.1, 0.15) is 34.2 Å². The van der Waals surface area contributed by atoms with Gasteiger partial charge in [-0.1, -0.05) is 12.1 Å². The fraction of sp³-hybridized carbons (Fsp3) is 0.286. The van der Waals surface area contributed by atoms with Gasteiger partial charge in [0.05, 0.1) is 18.6 Å². The molecule has 1 atom stereocenters. The number of hydrogen-bond donors (Lipinski definition) is 1. The molecule has 0 radical (unpaired) electrons. The van der Waals surface area contributed by atoms with Crippen LogP contribution in [-0.2, 0) is 6.54 Å². The number of likely N-dealkylation sites (tertiary alicyclic amines) is 1. The van der Waals surface area contributed by atoms with E-state index in [0.29, 0.717) is 17.3 Å². The molecular weight excluding hydrogens is 358 g/mol. The fourth-order valence-corrected chi connectivity index (χ4v) is 3.44. The first kappa shape index (κ1) is 18.2. The molecule has 1 aromatic heterocycles. The Kier molecular flexibility index (Phi) is 5.08. The summed E-state index contributed by atoms with van der Waals surface area (Å²) in [6.07, 6.45) is 0.956. The third kappa shape index (κ3) is 3.89. The number of benzene rings is 2. The smallest absolute Gasteiger partial charge is 0.335 e. The average molecular weight is 379 g/mol. The van der Waals surface area contributed by atoms with Crippen LogP contribution in [-0.4, -0.2) is 46.4 Å². The number of aromatic carboxylic acids is 1. The van der Waals surface area contributed by atoms with Crippen molar-refractivity contribution in [3.63, 3.8) is 0 Å². The van der Waals surface area contributed by atoms with E-state index >= 15 is 0 Å². The van der Waals surface area contributed by atoms with Gasteiger partial charge in [0, 0.05) is 18.7 Å². The van der Waals surface area contributed by atoms with E-state index in [1.807, 2.05) is 36.4 Å². The molecule has 1 fully saturated rings. The van der Waals surface area contributed by atoms with E-state index in [1.54, 1.807) is 19.2 Å². The molecule has 0 bridgehead atoms. The standard InChI is InChI=1S/C21H21N3O4/c1-27-18-8-6-15(7-9-18)19-22-23-20(28-19)17-10-11-24(13-17)12-14-2-4-16(5-3-14)21(25)26/h2-9,17H,10-13H2,1H3,(H,25,26). The van der Waals surface area contributed by atoms with Gasteiger partial charge < -0.3 is 14.3 Å². The Morgan fingerprint density at radius 3 is 2.61 bits per heavy atom. The lowest BCUT2D eigenvalue weighted by atomic mass is 10.1. The Bertz CT molecular complexity index is 951.